The Morgan fingerprint density at radius 3 is 2.72 bits per heavy atom. The van der Waals surface area contributed by atoms with E-state index in [1.165, 1.54) is 38.5 Å². The van der Waals surface area contributed by atoms with Crippen LogP contribution < -0.4 is 0 Å². The number of rotatable bonds is 8. The monoisotopic (exact) mass is 253 g/mol. The molecule has 3 nitrogen and oxygen atoms in total. The number of hydrogen-bond donors (Lipinski definition) is 0. The Hall–Kier alpha value is -0.830. The van der Waals surface area contributed by atoms with E-state index >= 15 is 0 Å². The summed E-state index contributed by atoms with van der Waals surface area (Å²) in [6, 6.07) is 0. The van der Waals surface area contributed by atoms with Crippen LogP contribution in [0.2, 0.25) is 0 Å². The summed E-state index contributed by atoms with van der Waals surface area (Å²) in [5, 5.41) is 0. The maximum absolute atomic E-state index is 11.5. The van der Waals surface area contributed by atoms with Crippen LogP contribution in [0.5, 0.6) is 0 Å². The van der Waals surface area contributed by atoms with Crippen molar-refractivity contribution in [3.05, 3.63) is 12.7 Å². The second-order valence-corrected chi connectivity index (χ2v) is 5.12. The van der Waals surface area contributed by atoms with Gasteiger partial charge in [-0.05, 0) is 25.8 Å². The predicted molar refractivity (Wildman–Crippen MR) is 74.5 cm³/mol. The predicted octanol–water partition coefficient (Wildman–Crippen LogP) is 3.01. The van der Waals surface area contributed by atoms with Crippen molar-refractivity contribution in [2.24, 2.45) is 5.92 Å². The summed E-state index contributed by atoms with van der Waals surface area (Å²) in [5.41, 5.74) is 0. The average molecular weight is 253 g/mol. The summed E-state index contributed by atoms with van der Waals surface area (Å²) in [7, 11) is 0. The smallest absolute Gasteiger partial charge is 0.320 e. The molecule has 1 aliphatic carbocycles. The van der Waals surface area contributed by atoms with Crippen molar-refractivity contribution in [3.8, 4) is 0 Å². The van der Waals surface area contributed by atoms with Crippen molar-refractivity contribution in [1.82, 2.24) is 4.90 Å². The van der Waals surface area contributed by atoms with Crippen molar-refractivity contribution >= 4 is 5.97 Å². The topological polar surface area (TPSA) is 29.5 Å². The summed E-state index contributed by atoms with van der Waals surface area (Å²) in [5.74, 6) is 0.733. The van der Waals surface area contributed by atoms with Crippen LogP contribution in [0.15, 0.2) is 12.7 Å². The molecule has 1 rings (SSSR count). The van der Waals surface area contributed by atoms with E-state index in [1.807, 2.05) is 13.0 Å². The molecule has 3 heteroatoms. The molecule has 0 radical (unpaired) electrons. The first kappa shape index (κ1) is 15.2. The Labute approximate surface area is 111 Å². The number of carbonyl (C=O) groups excluding carboxylic acids is 1. The minimum absolute atomic E-state index is 0.122. The Morgan fingerprint density at radius 2 is 2.11 bits per heavy atom. The number of carbonyl (C=O) groups is 1. The fourth-order valence-electron chi connectivity index (χ4n) is 2.65. The third-order valence-corrected chi connectivity index (χ3v) is 3.62. The number of hydrogen-bond acceptors (Lipinski definition) is 3. The molecule has 0 heterocycles. The van der Waals surface area contributed by atoms with Gasteiger partial charge in [0.1, 0.15) is 0 Å². The van der Waals surface area contributed by atoms with E-state index < -0.39 is 0 Å². The lowest BCUT2D eigenvalue weighted by Gasteiger charge is -2.25. The zero-order chi connectivity index (χ0) is 13.2. The summed E-state index contributed by atoms with van der Waals surface area (Å²) >= 11 is 0. The van der Waals surface area contributed by atoms with Gasteiger partial charge in [-0.2, -0.15) is 0 Å². The van der Waals surface area contributed by atoms with Gasteiger partial charge in [-0.25, -0.2) is 0 Å². The first-order valence-corrected chi connectivity index (χ1v) is 7.25. The number of esters is 1. The lowest BCUT2D eigenvalue weighted by Crippen LogP contribution is -2.33. The van der Waals surface area contributed by atoms with Crippen LogP contribution in [-0.2, 0) is 9.53 Å². The Balaban J connectivity index is 2.27. The van der Waals surface area contributed by atoms with Gasteiger partial charge >= 0.3 is 5.97 Å². The average Bonchev–Trinajstić information content (AvgIpc) is 2.38. The van der Waals surface area contributed by atoms with Gasteiger partial charge in [0.05, 0.1) is 13.2 Å². The molecular weight excluding hydrogens is 226 g/mol. The molecule has 0 spiro atoms. The molecule has 0 amide bonds. The first-order chi connectivity index (χ1) is 8.76. The number of nitrogens with zero attached hydrogens (tertiary/aromatic N) is 1. The van der Waals surface area contributed by atoms with Crippen molar-refractivity contribution in [2.75, 3.05) is 26.2 Å². The molecule has 104 valence electrons. The summed E-state index contributed by atoms with van der Waals surface area (Å²) in [6.07, 6.45) is 9.94. The normalized spacial score (nSPS) is 16.8. The van der Waals surface area contributed by atoms with Crippen molar-refractivity contribution in [1.29, 1.82) is 0 Å². The fraction of sp³-hybridized carbons (Fsp3) is 0.800. The quantitative estimate of drug-likeness (QED) is 0.492. The highest BCUT2D eigenvalue weighted by molar-refractivity contribution is 5.71. The second kappa shape index (κ2) is 9.15. The highest BCUT2D eigenvalue weighted by atomic mass is 16.5. The van der Waals surface area contributed by atoms with Crippen LogP contribution in [0.1, 0.15) is 45.4 Å². The highest BCUT2D eigenvalue weighted by Gasteiger charge is 2.16. The molecule has 0 atom stereocenters. The molecule has 0 unspecified atom stereocenters. The van der Waals surface area contributed by atoms with Crippen LogP contribution in [-0.4, -0.2) is 37.1 Å². The summed E-state index contributed by atoms with van der Waals surface area (Å²) in [6.45, 7) is 8.21. The van der Waals surface area contributed by atoms with E-state index in [-0.39, 0.29) is 5.97 Å². The van der Waals surface area contributed by atoms with Gasteiger partial charge in [-0.3, -0.25) is 9.69 Å². The Morgan fingerprint density at radius 1 is 1.39 bits per heavy atom. The van der Waals surface area contributed by atoms with Crippen molar-refractivity contribution in [3.63, 3.8) is 0 Å². The summed E-state index contributed by atoms with van der Waals surface area (Å²) < 4.78 is 5.00. The van der Waals surface area contributed by atoms with Gasteiger partial charge < -0.3 is 4.74 Å². The zero-order valence-corrected chi connectivity index (χ0v) is 11.7. The highest BCUT2D eigenvalue weighted by Crippen LogP contribution is 2.26. The third kappa shape index (κ3) is 6.20. The van der Waals surface area contributed by atoms with Crippen LogP contribution in [0, 0.1) is 5.92 Å². The van der Waals surface area contributed by atoms with Gasteiger partial charge in [0.15, 0.2) is 0 Å². The second-order valence-electron chi connectivity index (χ2n) is 5.12. The molecule has 0 saturated heterocycles. The van der Waals surface area contributed by atoms with Gasteiger partial charge in [0, 0.05) is 6.54 Å². The lowest BCUT2D eigenvalue weighted by molar-refractivity contribution is -0.144. The maximum Gasteiger partial charge on any atom is 0.320 e. The molecular formula is C15H27NO2. The molecule has 1 aliphatic rings. The summed E-state index contributed by atoms with van der Waals surface area (Å²) in [4.78, 5) is 13.6. The van der Waals surface area contributed by atoms with Gasteiger partial charge in [-0.15, -0.1) is 6.58 Å². The Kier molecular flexibility index (Phi) is 7.74. The fourth-order valence-corrected chi connectivity index (χ4v) is 2.65. The van der Waals surface area contributed by atoms with Gasteiger partial charge in [-0.1, -0.05) is 38.2 Å². The third-order valence-electron chi connectivity index (χ3n) is 3.62. The first-order valence-electron chi connectivity index (χ1n) is 7.25. The molecule has 0 aromatic rings. The van der Waals surface area contributed by atoms with Crippen molar-refractivity contribution in [2.45, 2.75) is 45.4 Å². The zero-order valence-electron chi connectivity index (χ0n) is 11.7. The van der Waals surface area contributed by atoms with Crippen LogP contribution in [0.4, 0.5) is 0 Å². The Bertz CT molecular complexity index is 247. The molecule has 0 aromatic heterocycles. The molecule has 0 aromatic carbocycles. The molecule has 0 aliphatic heterocycles. The minimum Gasteiger partial charge on any atom is -0.465 e. The lowest BCUT2D eigenvalue weighted by atomic mass is 9.87. The largest absolute Gasteiger partial charge is 0.465 e. The van der Waals surface area contributed by atoms with Crippen LogP contribution in [0.3, 0.4) is 0 Å². The van der Waals surface area contributed by atoms with E-state index in [0.717, 1.165) is 19.0 Å². The molecule has 1 saturated carbocycles. The van der Waals surface area contributed by atoms with E-state index in [0.29, 0.717) is 13.2 Å². The van der Waals surface area contributed by atoms with Crippen LogP contribution >= 0.6 is 0 Å². The van der Waals surface area contributed by atoms with E-state index in [9.17, 15) is 4.79 Å². The van der Waals surface area contributed by atoms with Crippen LogP contribution in [0.25, 0.3) is 0 Å². The molecule has 0 N–H and O–H groups in total. The SMILES string of the molecule is C=CCN(CCC1CCCCC1)CC(=O)OCC. The maximum atomic E-state index is 11.5. The van der Waals surface area contributed by atoms with E-state index in [1.54, 1.807) is 0 Å². The van der Waals surface area contributed by atoms with Gasteiger partial charge in [0.25, 0.3) is 0 Å². The molecule has 18 heavy (non-hydrogen) atoms. The van der Waals surface area contributed by atoms with E-state index in [2.05, 4.69) is 11.5 Å². The molecule has 0 bridgehead atoms. The van der Waals surface area contributed by atoms with Crippen molar-refractivity contribution < 1.29 is 9.53 Å². The molecule has 1 fully saturated rings. The van der Waals surface area contributed by atoms with Gasteiger partial charge in [0.2, 0.25) is 0 Å². The standard InChI is InChI=1S/C15H27NO2/c1-3-11-16(13-15(17)18-4-2)12-10-14-8-6-5-7-9-14/h3,14H,1,4-13H2,2H3. The van der Waals surface area contributed by atoms with E-state index in [4.69, 9.17) is 4.74 Å². The minimum atomic E-state index is -0.122. The number of ether oxygens (including phenoxy) is 1.